The van der Waals surface area contributed by atoms with Crippen LogP contribution in [0.3, 0.4) is 0 Å². The molecule has 0 bridgehead atoms. The third kappa shape index (κ3) is 4.97. The lowest BCUT2D eigenvalue weighted by atomic mass is 10.2. The molecule has 0 atom stereocenters. The maximum absolute atomic E-state index is 13.0. The van der Waals surface area contributed by atoms with E-state index in [1.54, 1.807) is 31.4 Å². The van der Waals surface area contributed by atoms with Crippen molar-refractivity contribution in [2.24, 2.45) is 0 Å². The Morgan fingerprint density at radius 1 is 0.964 bits per heavy atom. The number of ether oxygens (including phenoxy) is 2. The Bertz CT molecular complexity index is 944. The molecule has 1 N–H and O–H groups in total. The van der Waals surface area contributed by atoms with Crippen LogP contribution in [-0.2, 0) is 13.2 Å². The summed E-state index contributed by atoms with van der Waals surface area (Å²) in [6, 6.07) is 17.9. The summed E-state index contributed by atoms with van der Waals surface area (Å²) in [5.41, 5.74) is 2.65. The second-order valence-corrected chi connectivity index (χ2v) is 6.06. The van der Waals surface area contributed by atoms with Crippen LogP contribution in [0.5, 0.6) is 11.5 Å². The second kappa shape index (κ2) is 8.85. The lowest BCUT2D eigenvalue weighted by Crippen LogP contribution is -2.02. The number of nitro benzene ring substituents is 1. The number of non-ortho nitro benzene ring substituents is 1. The lowest BCUT2D eigenvalue weighted by molar-refractivity contribution is -0.384. The standard InChI is InChI=1S/C21H19FN2O4/c1-27-21-12-16(13-23-18-7-5-17(22)6-8-18)4-11-20(21)28-14-15-2-9-19(10-3-15)24(25)26/h2-12,23H,13-14H2,1H3. The highest BCUT2D eigenvalue weighted by molar-refractivity contribution is 5.47. The molecule has 0 aromatic heterocycles. The molecule has 3 rings (SSSR count). The van der Waals surface area contributed by atoms with Crippen LogP contribution in [0, 0.1) is 15.9 Å². The minimum Gasteiger partial charge on any atom is -0.493 e. The fourth-order valence-electron chi connectivity index (χ4n) is 2.59. The molecule has 0 spiro atoms. The normalized spacial score (nSPS) is 10.4. The molecule has 0 heterocycles. The number of nitrogens with zero attached hydrogens (tertiary/aromatic N) is 1. The zero-order valence-corrected chi connectivity index (χ0v) is 15.2. The van der Waals surface area contributed by atoms with Gasteiger partial charge >= 0.3 is 0 Å². The molecule has 0 radical (unpaired) electrons. The molecule has 0 amide bonds. The number of nitrogens with one attached hydrogen (secondary N) is 1. The molecule has 144 valence electrons. The quantitative estimate of drug-likeness (QED) is 0.441. The molecule has 3 aromatic rings. The summed E-state index contributed by atoms with van der Waals surface area (Å²) in [6.45, 7) is 0.812. The fraction of sp³-hybridized carbons (Fsp3) is 0.143. The molecule has 28 heavy (non-hydrogen) atoms. The summed E-state index contributed by atoms with van der Waals surface area (Å²) < 4.78 is 24.1. The zero-order chi connectivity index (χ0) is 19.9. The number of hydrogen-bond donors (Lipinski definition) is 1. The van der Waals surface area contributed by atoms with Crippen LogP contribution in [0.2, 0.25) is 0 Å². The topological polar surface area (TPSA) is 73.6 Å². The van der Waals surface area contributed by atoms with E-state index < -0.39 is 4.92 Å². The van der Waals surface area contributed by atoms with E-state index in [0.717, 1.165) is 16.8 Å². The van der Waals surface area contributed by atoms with Crippen molar-refractivity contribution >= 4 is 11.4 Å². The van der Waals surface area contributed by atoms with E-state index in [1.165, 1.54) is 24.3 Å². The molecule has 6 nitrogen and oxygen atoms in total. The number of anilines is 1. The molecular weight excluding hydrogens is 363 g/mol. The van der Waals surface area contributed by atoms with Gasteiger partial charge in [-0.05, 0) is 59.7 Å². The summed E-state index contributed by atoms with van der Waals surface area (Å²) in [5, 5.41) is 13.9. The van der Waals surface area contributed by atoms with E-state index in [9.17, 15) is 14.5 Å². The van der Waals surface area contributed by atoms with Gasteiger partial charge in [0.15, 0.2) is 11.5 Å². The first kappa shape index (κ1) is 19.2. The zero-order valence-electron chi connectivity index (χ0n) is 15.2. The van der Waals surface area contributed by atoms with Gasteiger partial charge in [-0.1, -0.05) is 6.07 Å². The Balaban J connectivity index is 1.62. The van der Waals surface area contributed by atoms with Crippen molar-refractivity contribution in [2.75, 3.05) is 12.4 Å². The number of nitro groups is 1. The van der Waals surface area contributed by atoms with Crippen LogP contribution >= 0.6 is 0 Å². The minimum absolute atomic E-state index is 0.0411. The first-order valence-electron chi connectivity index (χ1n) is 8.57. The predicted molar refractivity (Wildman–Crippen MR) is 104 cm³/mol. The van der Waals surface area contributed by atoms with Gasteiger partial charge in [0, 0.05) is 24.4 Å². The summed E-state index contributed by atoms with van der Waals surface area (Å²) >= 11 is 0. The van der Waals surface area contributed by atoms with Gasteiger partial charge in [-0.2, -0.15) is 0 Å². The first-order chi connectivity index (χ1) is 13.5. The largest absolute Gasteiger partial charge is 0.493 e. The first-order valence-corrected chi connectivity index (χ1v) is 8.57. The number of methoxy groups -OCH3 is 1. The van der Waals surface area contributed by atoms with Crippen molar-refractivity contribution in [1.82, 2.24) is 0 Å². The highest BCUT2D eigenvalue weighted by Gasteiger charge is 2.08. The Hall–Kier alpha value is -3.61. The third-order valence-corrected chi connectivity index (χ3v) is 4.11. The van der Waals surface area contributed by atoms with Gasteiger partial charge in [-0.25, -0.2) is 4.39 Å². The molecule has 0 aliphatic heterocycles. The van der Waals surface area contributed by atoms with Gasteiger partial charge in [0.25, 0.3) is 5.69 Å². The average Bonchev–Trinajstić information content (AvgIpc) is 2.72. The summed E-state index contributed by atoms with van der Waals surface area (Å²) in [7, 11) is 1.56. The smallest absolute Gasteiger partial charge is 0.269 e. The summed E-state index contributed by atoms with van der Waals surface area (Å²) in [6.07, 6.45) is 0. The van der Waals surface area contributed by atoms with Gasteiger partial charge in [0.1, 0.15) is 12.4 Å². The van der Waals surface area contributed by atoms with Crippen LogP contribution in [0.4, 0.5) is 15.8 Å². The van der Waals surface area contributed by atoms with E-state index >= 15 is 0 Å². The van der Waals surface area contributed by atoms with Crippen LogP contribution in [0.25, 0.3) is 0 Å². The molecule has 7 heteroatoms. The number of benzene rings is 3. The van der Waals surface area contributed by atoms with Crippen molar-refractivity contribution < 1.29 is 18.8 Å². The number of halogens is 1. The van der Waals surface area contributed by atoms with Crippen LogP contribution in [0.15, 0.2) is 66.7 Å². The Labute approximate surface area is 161 Å². The molecular formula is C21H19FN2O4. The lowest BCUT2D eigenvalue weighted by Gasteiger charge is -2.13. The van der Waals surface area contributed by atoms with Crippen molar-refractivity contribution in [3.05, 3.63) is 93.8 Å². The highest BCUT2D eigenvalue weighted by Crippen LogP contribution is 2.29. The van der Waals surface area contributed by atoms with Crippen molar-refractivity contribution in [3.8, 4) is 11.5 Å². The number of hydrogen-bond acceptors (Lipinski definition) is 5. The molecule has 0 fully saturated rings. The van der Waals surface area contributed by atoms with Gasteiger partial charge in [0.2, 0.25) is 0 Å². The van der Waals surface area contributed by atoms with Crippen molar-refractivity contribution in [1.29, 1.82) is 0 Å². The van der Waals surface area contributed by atoms with Crippen molar-refractivity contribution in [3.63, 3.8) is 0 Å². The Morgan fingerprint density at radius 2 is 1.64 bits per heavy atom. The van der Waals surface area contributed by atoms with Crippen molar-refractivity contribution in [2.45, 2.75) is 13.2 Å². The monoisotopic (exact) mass is 382 g/mol. The maximum Gasteiger partial charge on any atom is 0.269 e. The summed E-state index contributed by atoms with van der Waals surface area (Å²) in [5.74, 6) is 0.883. The van der Waals surface area contributed by atoms with E-state index in [4.69, 9.17) is 9.47 Å². The predicted octanol–water partition coefficient (Wildman–Crippen LogP) is 4.93. The molecule has 0 saturated carbocycles. The SMILES string of the molecule is COc1cc(CNc2ccc(F)cc2)ccc1OCc1ccc([N+](=O)[O-])cc1. The molecule has 0 saturated heterocycles. The molecule has 0 aliphatic rings. The third-order valence-electron chi connectivity index (χ3n) is 4.11. The van der Waals surface area contributed by atoms with Gasteiger partial charge < -0.3 is 14.8 Å². The Morgan fingerprint density at radius 3 is 2.29 bits per heavy atom. The molecule has 0 unspecified atom stereocenters. The molecule has 3 aromatic carbocycles. The van der Waals surface area contributed by atoms with E-state index in [2.05, 4.69) is 5.32 Å². The van der Waals surface area contributed by atoms with Crippen LogP contribution in [-0.4, -0.2) is 12.0 Å². The fourth-order valence-corrected chi connectivity index (χ4v) is 2.59. The average molecular weight is 382 g/mol. The highest BCUT2D eigenvalue weighted by atomic mass is 19.1. The van der Waals surface area contributed by atoms with Crippen LogP contribution < -0.4 is 14.8 Å². The minimum atomic E-state index is -0.438. The summed E-state index contributed by atoms with van der Waals surface area (Å²) in [4.78, 5) is 10.3. The second-order valence-electron chi connectivity index (χ2n) is 6.06. The van der Waals surface area contributed by atoms with E-state index in [1.807, 2.05) is 18.2 Å². The van der Waals surface area contributed by atoms with E-state index in [0.29, 0.717) is 18.0 Å². The van der Waals surface area contributed by atoms with Gasteiger partial charge in [0.05, 0.1) is 12.0 Å². The maximum atomic E-state index is 13.0. The van der Waals surface area contributed by atoms with E-state index in [-0.39, 0.29) is 18.1 Å². The number of rotatable bonds is 8. The Kier molecular flexibility index (Phi) is 6.06. The van der Waals surface area contributed by atoms with Gasteiger partial charge in [-0.15, -0.1) is 0 Å². The van der Waals surface area contributed by atoms with Gasteiger partial charge in [-0.3, -0.25) is 10.1 Å². The van der Waals surface area contributed by atoms with Crippen LogP contribution in [0.1, 0.15) is 11.1 Å². The molecule has 0 aliphatic carbocycles.